The van der Waals surface area contributed by atoms with Crippen molar-refractivity contribution in [2.75, 3.05) is 5.32 Å². The minimum Gasteiger partial charge on any atom is -0.381 e. The largest absolute Gasteiger partial charge is 0.381 e. The van der Waals surface area contributed by atoms with E-state index in [9.17, 15) is 10.1 Å². The summed E-state index contributed by atoms with van der Waals surface area (Å²) >= 11 is 3.28. The van der Waals surface area contributed by atoms with Crippen LogP contribution in [-0.4, -0.2) is 4.92 Å². The van der Waals surface area contributed by atoms with Gasteiger partial charge in [0.05, 0.1) is 4.92 Å². The first-order valence-electron chi connectivity index (χ1n) is 5.79. The number of nitrogens with one attached hydrogen (secondary N) is 1. The second kappa shape index (κ2) is 5.84. The zero-order valence-electron chi connectivity index (χ0n) is 10.4. The summed E-state index contributed by atoms with van der Waals surface area (Å²) in [5.74, 6) is 0. The third-order valence-corrected chi connectivity index (χ3v) is 3.16. The van der Waals surface area contributed by atoms with E-state index in [1.165, 1.54) is 11.6 Å². The fourth-order valence-corrected chi connectivity index (χ4v) is 2.24. The number of aryl methyl sites for hydroxylation is 1. The summed E-state index contributed by atoms with van der Waals surface area (Å²) in [4.78, 5) is 10.4. The minimum atomic E-state index is -0.389. The number of nitro benzene ring substituents is 1. The Kier molecular flexibility index (Phi) is 4.16. The van der Waals surface area contributed by atoms with Crippen LogP contribution in [0.3, 0.4) is 0 Å². The third-order valence-electron chi connectivity index (χ3n) is 2.70. The highest BCUT2D eigenvalue weighted by molar-refractivity contribution is 9.10. The number of hydrogen-bond donors (Lipinski definition) is 1. The van der Waals surface area contributed by atoms with E-state index in [-0.39, 0.29) is 10.6 Å². The number of nitro groups is 1. The Hall–Kier alpha value is -1.88. The Morgan fingerprint density at radius 3 is 2.53 bits per heavy atom. The summed E-state index contributed by atoms with van der Waals surface area (Å²) in [7, 11) is 0. The average Bonchev–Trinajstić information content (AvgIpc) is 2.37. The van der Waals surface area contributed by atoms with Gasteiger partial charge < -0.3 is 5.32 Å². The van der Waals surface area contributed by atoms with Crippen LogP contribution < -0.4 is 5.32 Å². The SMILES string of the molecule is Cc1ccc(NCc2cc(Br)cc([N+](=O)[O-])c2)cc1. The molecule has 0 aliphatic carbocycles. The van der Waals surface area contributed by atoms with Gasteiger partial charge in [-0.1, -0.05) is 33.6 Å². The molecule has 0 aromatic heterocycles. The van der Waals surface area contributed by atoms with Crippen LogP contribution >= 0.6 is 15.9 Å². The smallest absolute Gasteiger partial charge is 0.270 e. The maximum Gasteiger partial charge on any atom is 0.270 e. The number of non-ortho nitro benzene ring substituents is 1. The molecule has 2 aromatic rings. The lowest BCUT2D eigenvalue weighted by Crippen LogP contribution is -2.00. The van der Waals surface area contributed by atoms with E-state index in [1.54, 1.807) is 6.07 Å². The number of halogens is 1. The van der Waals surface area contributed by atoms with E-state index in [4.69, 9.17) is 0 Å². The lowest BCUT2D eigenvalue weighted by molar-refractivity contribution is -0.385. The van der Waals surface area contributed by atoms with Crippen molar-refractivity contribution in [3.8, 4) is 0 Å². The zero-order valence-corrected chi connectivity index (χ0v) is 12.0. The Balaban J connectivity index is 2.11. The van der Waals surface area contributed by atoms with Crippen LogP contribution in [0.4, 0.5) is 11.4 Å². The van der Waals surface area contributed by atoms with E-state index < -0.39 is 0 Å². The lowest BCUT2D eigenvalue weighted by Gasteiger charge is -2.07. The Bertz CT molecular complexity index is 597. The quantitative estimate of drug-likeness (QED) is 0.675. The standard InChI is InChI=1S/C14H13BrN2O2/c1-10-2-4-13(5-3-10)16-9-11-6-12(15)8-14(7-11)17(18)19/h2-8,16H,9H2,1H3. The van der Waals surface area contributed by atoms with Crippen molar-refractivity contribution in [3.05, 3.63) is 68.2 Å². The first-order valence-corrected chi connectivity index (χ1v) is 6.58. The normalized spacial score (nSPS) is 10.2. The fourth-order valence-electron chi connectivity index (χ4n) is 1.72. The molecule has 0 saturated heterocycles. The first-order chi connectivity index (χ1) is 9.04. The van der Waals surface area contributed by atoms with Gasteiger partial charge in [0.2, 0.25) is 0 Å². The minimum absolute atomic E-state index is 0.0927. The van der Waals surface area contributed by atoms with Crippen LogP contribution in [0.25, 0.3) is 0 Å². The van der Waals surface area contributed by atoms with Gasteiger partial charge in [-0.25, -0.2) is 0 Å². The maximum atomic E-state index is 10.8. The summed E-state index contributed by atoms with van der Waals surface area (Å²) in [5.41, 5.74) is 3.15. The number of rotatable bonds is 4. The number of anilines is 1. The summed E-state index contributed by atoms with van der Waals surface area (Å²) < 4.78 is 0.711. The summed E-state index contributed by atoms with van der Waals surface area (Å²) in [5, 5.41) is 14.0. The van der Waals surface area contributed by atoms with Gasteiger partial charge in [0.1, 0.15) is 0 Å². The molecule has 0 heterocycles. The first kappa shape index (κ1) is 13.5. The van der Waals surface area contributed by atoms with Crippen molar-refractivity contribution in [3.63, 3.8) is 0 Å². The molecule has 2 aromatic carbocycles. The van der Waals surface area contributed by atoms with Gasteiger partial charge in [-0.15, -0.1) is 0 Å². The highest BCUT2D eigenvalue weighted by Gasteiger charge is 2.08. The summed E-state index contributed by atoms with van der Waals surface area (Å²) in [6, 6.07) is 13.0. The van der Waals surface area contributed by atoms with Crippen molar-refractivity contribution in [1.82, 2.24) is 0 Å². The van der Waals surface area contributed by atoms with Crippen LogP contribution in [0.5, 0.6) is 0 Å². The lowest BCUT2D eigenvalue weighted by atomic mass is 10.2. The molecule has 0 aliphatic heterocycles. The van der Waals surface area contributed by atoms with Gasteiger partial charge in [-0.3, -0.25) is 10.1 Å². The van der Waals surface area contributed by atoms with Crippen molar-refractivity contribution < 1.29 is 4.92 Å². The van der Waals surface area contributed by atoms with Gasteiger partial charge >= 0.3 is 0 Å². The van der Waals surface area contributed by atoms with Crippen molar-refractivity contribution in [2.24, 2.45) is 0 Å². The van der Waals surface area contributed by atoms with E-state index in [0.717, 1.165) is 11.3 Å². The van der Waals surface area contributed by atoms with Crippen LogP contribution in [0.2, 0.25) is 0 Å². The van der Waals surface area contributed by atoms with E-state index in [0.29, 0.717) is 11.0 Å². The molecule has 2 rings (SSSR count). The molecule has 1 N–H and O–H groups in total. The molecule has 0 saturated carbocycles. The monoisotopic (exact) mass is 320 g/mol. The summed E-state index contributed by atoms with van der Waals surface area (Å²) in [6.07, 6.45) is 0. The molecule has 0 radical (unpaired) electrons. The second-order valence-corrected chi connectivity index (χ2v) is 5.21. The molecule has 0 amide bonds. The van der Waals surface area contributed by atoms with E-state index in [1.807, 2.05) is 37.3 Å². The molecule has 4 nitrogen and oxygen atoms in total. The predicted octanol–water partition coefficient (Wildman–Crippen LogP) is 4.28. The molecule has 0 bridgehead atoms. The third kappa shape index (κ3) is 3.79. The Labute approximate surface area is 119 Å². The average molecular weight is 321 g/mol. The molecule has 19 heavy (non-hydrogen) atoms. The van der Waals surface area contributed by atoms with Gasteiger partial charge in [0.15, 0.2) is 0 Å². The van der Waals surface area contributed by atoms with Crippen molar-refractivity contribution in [1.29, 1.82) is 0 Å². The van der Waals surface area contributed by atoms with Gasteiger partial charge in [0.25, 0.3) is 5.69 Å². The predicted molar refractivity (Wildman–Crippen MR) is 79.3 cm³/mol. The van der Waals surface area contributed by atoms with Gasteiger partial charge in [-0.2, -0.15) is 0 Å². The van der Waals surface area contributed by atoms with Crippen LogP contribution in [0.15, 0.2) is 46.9 Å². The van der Waals surface area contributed by atoms with Crippen LogP contribution in [0.1, 0.15) is 11.1 Å². The molecule has 0 aliphatic rings. The fraction of sp³-hybridized carbons (Fsp3) is 0.143. The molecule has 5 heteroatoms. The maximum absolute atomic E-state index is 10.8. The molecule has 0 unspecified atom stereocenters. The van der Waals surface area contributed by atoms with Gasteiger partial charge in [-0.05, 0) is 30.7 Å². The topological polar surface area (TPSA) is 55.2 Å². The van der Waals surface area contributed by atoms with E-state index >= 15 is 0 Å². The number of hydrogen-bond acceptors (Lipinski definition) is 3. The van der Waals surface area contributed by atoms with Crippen LogP contribution in [0, 0.1) is 17.0 Å². The highest BCUT2D eigenvalue weighted by atomic mass is 79.9. The molecular formula is C14H13BrN2O2. The Morgan fingerprint density at radius 1 is 1.21 bits per heavy atom. The molecule has 0 spiro atoms. The molecule has 98 valence electrons. The Morgan fingerprint density at radius 2 is 1.89 bits per heavy atom. The van der Waals surface area contributed by atoms with Crippen molar-refractivity contribution >= 4 is 27.3 Å². The van der Waals surface area contributed by atoms with Gasteiger partial charge in [0, 0.05) is 28.8 Å². The van der Waals surface area contributed by atoms with E-state index in [2.05, 4.69) is 21.2 Å². The highest BCUT2D eigenvalue weighted by Crippen LogP contribution is 2.22. The molecule has 0 atom stereocenters. The molecule has 0 fully saturated rings. The van der Waals surface area contributed by atoms with Crippen molar-refractivity contribution in [2.45, 2.75) is 13.5 Å². The molecular weight excluding hydrogens is 308 g/mol. The zero-order chi connectivity index (χ0) is 13.8. The number of nitrogens with zero attached hydrogens (tertiary/aromatic N) is 1. The van der Waals surface area contributed by atoms with Crippen LogP contribution in [-0.2, 0) is 6.54 Å². The summed E-state index contributed by atoms with van der Waals surface area (Å²) in [6.45, 7) is 2.57. The second-order valence-electron chi connectivity index (χ2n) is 4.29. The number of benzene rings is 2.